The highest BCUT2D eigenvalue weighted by atomic mass is 32.1. The zero-order chi connectivity index (χ0) is 15.0. The van der Waals surface area contributed by atoms with Crippen molar-refractivity contribution in [1.29, 1.82) is 0 Å². The second kappa shape index (κ2) is 5.71. The number of carboxylic acid groups (broad SMARTS) is 1. The van der Waals surface area contributed by atoms with Crippen LogP contribution in [0.4, 0.5) is 0 Å². The average molecular weight is 309 g/mol. The van der Waals surface area contributed by atoms with E-state index >= 15 is 0 Å². The van der Waals surface area contributed by atoms with Crippen LogP contribution in [0.5, 0.6) is 0 Å². The molecule has 1 N–H and O–H groups in total. The quantitative estimate of drug-likeness (QED) is 0.919. The minimum atomic E-state index is -0.737. The normalized spacial score (nSPS) is 27.9. The van der Waals surface area contributed by atoms with Crippen molar-refractivity contribution in [3.05, 3.63) is 10.6 Å². The maximum Gasteiger partial charge on any atom is 0.303 e. The Morgan fingerprint density at radius 3 is 2.57 bits per heavy atom. The van der Waals surface area contributed by atoms with Crippen molar-refractivity contribution in [1.82, 2.24) is 14.5 Å². The SMILES string of the molecule is CCc1nnsc1C(=O)N1C2CCC1CC(CC(=O)O)C2. The second-order valence-electron chi connectivity index (χ2n) is 5.94. The van der Waals surface area contributed by atoms with Crippen LogP contribution in [0.3, 0.4) is 0 Å². The summed E-state index contributed by atoms with van der Waals surface area (Å²) in [6.45, 7) is 1.97. The first-order valence-electron chi connectivity index (χ1n) is 7.45. The molecular weight excluding hydrogens is 290 g/mol. The number of hydrogen-bond donors (Lipinski definition) is 1. The Balaban J connectivity index is 1.76. The standard InChI is InChI=1S/C14H19N3O3S/c1-2-11-13(21-16-15-11)14(20)17-9-3-4-10(17)6-8(5-9)7-12(18)19/h8-10H,2-7H2,1H3,(H,18,19). The lowest BCUT2D eigenvalue weighted by Gasteiger charge is -2.38. The monoisotopic (exact) mass is 309 g/mol. The molecule has 2 atom stereocenters. The summed E-state index contributed by atoms with van der Waals surface area (Å²) in [4.78, 5) is 26.3. The number of amides is 1. The van der Waals surface area contributed by atoms with Crippen molar-refractivity contribution < 1.29 is 14.7 Å². The van der Waals surface area contributed by atoms with Gasteiger partial charge >= 0.3 is 5.97 Å². The fourth-order valence-electron chi connectivity index (χ4n) is 3.75. The Morgan fingerprint density at radius 2 is 2.00 bits per heavy atom. The molecular formula is C14H19N3O3S. The van der Waals surface area contributed by atoms with Gasteiger partial charge in [0.2, 0.25) is 0 Å². The molecule has 0 aliphatic carbocycles. The van der Waals surface area contributed by atoms with Crippen LogP contribution in [0, 0.1) is 5.92 Å². The van der Waals surface area contributed by atoms with Gasteiger partial charge < -0.3 is 10.0 Å². The van der Waals surface area contributed by atoms with Gasteiger partial charge in [-0.25, -0.2) is 0 Å². The first kappa shape index (κ1) is 14.4. The molecule has 3 rings (SSSR count). The van der Waals surface area contributed by atoms with Gasteiger partial charge in [0, 0.05) is 18.5 Å². The summed E-state index contributed by atoms with van der Waals surface area (Å²) in [7, 11) is 0. The molecule has 7 heteroatoms. The van der Waals surface area contributed by atoms with Crippen molar-refractivity contribution in [3.8, 4) is 0 Å². The highest BCUT2D eigenvalue weighted by Crippen LogP contribution is 2.41. The van der Waals surface area contributed by atoms with Crippen molar-refractivity contribution in [2.75, 3.05) is 0 Å². The maximum absolute atomic E-state index is 12.8. The van der Waals surface area contributed by atoms with Gasteiger partial charge in [-0.15, -0.1) is 5.10 Å². The van der Waals surface area contributed by atoms with Crippen LogP contribution in [0.2, 0.25) is 0 Å². The lowest BCUT2D eigenvalue weighted by atomic mass is 9.88. The molecule has 2 aliphatic heterocycles. The molecule has 0 aromatic carbocycles. The van der Waals surface area contributed by atoms with Crippen LogP contribution in [0.25, 0.3) is 0 Å². The smallest absolute Gasteiger partial charge is 0.303 e. The molecule has 0 radical (unpaired) electrons. The number of aliphatic carboxylic acids is 1. The number of piperidine rings is 1. The van der Waals surface area contributed by atoms with E-state index in [1.165, 1.54) is 11.5 Å². The summed E-state index contributed by atoms with van der Waals surface area (Å²) < 4.78 is 3.90. The van der Waals surface area contributed by atoms with E-state index in [0.717, 1.165) is 31.4 Å². The second-order valence-corrected chi connectivity index (χ2v) is 6.69. The van der Waals surface area contributed by atoms with Crippen molar-refractivity contribution >= 4 is 23.4 Å². The van der Waals surface area contributed by atoms with Gasteiger partial charge in [0.25, 0.3) is 5.91 Å². The molecule has 6 nitrogen and oxygen atoms in total. The lowest BCUT2D eigenvalue weighted by Crippen LogP contribution is -2.46. The number of carboxylic acids is 1. The molecule has 2 unspecified atom stereocenters. The number of aryl methyl sites for hydroxylation is 1. The predicted octanol–water partition coefficient (Wildman–Crippen LogP) is 1.96. The number of aromatic nitrogens is 2. The van der Waals surface area contributed by atoms with E-state index in [0.29, 0.717) is 11.3 Å². The van der Waals surface area contributed by atoms with Crippen LogP contribution >= 0.6 is 11.5 Å². The van der Waals surface area contributed by atoms with Gasteiger partial charge in [-0.05, 0) is 49.6 Å². The highest BCUT2D eigenvalue weighted by Gasteiger charge is 2.44. The van der Waals surface area contributed by atoms with Crippen LogP contribution in [0.1, 0.15) is 54.4 Å². The number of carbonyl (C=O) groups excluding carboxylic acids is 1. The van der Waals surface area contributed by atoms with E-state index in [-0.39, 0.29) is 30.3 Å². The molecule has 2 saturated heterocycles. The van der Waals surface area contributed by atoms with Gasteiger partial charge in [0.15, 0.2) is 0 Å². The van der Waals surface area contributed by atoms with E-state index in [1.807, 2.05) is 11.8 Å². The van der Waals surface area contributed by atoms with Crippen LogP contribution in [-0.4, -0.2) is 43.6 Å². The van der Waals surface area contributed by atoms with Gasteiger partial charge in [-0.1, -0.05) is 11.4 Å². The number of rotatable bonds is 4. The van der Waals surface area contributed by atoms with Crippen LogP contribution in [0.15, 0.2) is 0 Å². The zero-order valence-electron chi connectivity index (χ0n) is 12.0. The summed E-state index contributed by atoms with van der Waals surface area (Å²) in [6, 6.07) is 0.375. The van der Waals surface area contributed by atoms with Crippen molar-refractivity contribution in [3.63, 3.8) is 0 Å². The van der Waals surface area contributed by atoms with Gasteiger partial charge in [-0.2, -0.15) is 0 Å². The van der Waals surface area contributed by atoms with Crippen LogP contribution in [-0.2, 0) is 11.2 Å². The first-order valence-corrected chi connectivity index (χ1v) is 8.23. The molecule has 114 valence electrons. The van der Waals surface area contributed by atoms with Crippen molar-refractivity contribution in [2.45, 2.75) is 57.5 Å². The average Bonchev–Trinajstić information content (AvgIpc) is 3.00. The molecule has 2 bridgehead atoms. The molecule has 21 heavy (non-hydrogen) atoms. The van der Waals surface area contributed by atoms with Crippen LogP contribution < -0.4 is 0 Å². The third kappa shape index (κ3) is 2.66. The number of nitrogens with zero attached hydrogens (tertiary/aromatic N) is 3. The molecule has 1 amide bonds. The highest BCUT2D eigenvalue weighted by molar-refractivity contribution is 7.08. The van der Waals surface area contributed by atoms with Gasteiger partial charge in [0.1, 0.15) is 4.88 Å². The van der Waals surface area contributed by atoms with E-state index in [2.05, 4.69) is 9.59 Å². The van der Waals surface area contributed by atoms with E-state index in [4.69, 9.17) is 5.11 Å². The Labute approximate surface area is 127 Å². The Hall–Kier alpha value is -1.50. The zero-order valence-corrected chi connectivity index (χ0v) is 12.8. The minimum absolute atomic E-state index is 0.0446. The molecule has 1 aromatic rings. The summed E-state index contributed by atoms with van der Waals surface area (Å²) >= 11 is 1.17. The third-order valence-electron chi connectivity index (χ3n) is 4.61. The molecule has 0 spiro atoms. The fraction of sp³-hybridized carbons (Fsp3) is 0.714. The molecule has 0 saturated carbocycles. The molecule has 2 fully saturated rings. The summed E-state index contributed by atoms with van der Waals surface area (Å²) in [6.07, 6.45) is 4.52. The molecule has 3 heterocycles. The Kier molecular flexibility index (Phi) is 3.93. The maximum atomic E-state index is 12.8. The Morgan fingerprint density at radius 1 is 1.33 bits per heavy atom. The Bertz CT molecular complexity index is 545. The summed E-state index contributed by atoms with van der Waals surface area (Å²) in [5, 5.41) is 13.0. The van der Waals surface area contributed by atoms with E-state index in [1.54, 1.807) is 0 Å². The number of fused-ring (bicyclic) bond motifs is 2. The fourth-order valence-corrected chi connectivity index (χ4v) is 4.45. The largest absolute Gasteiger partial charge is 0.481 e. The third-order valence-corrected chi connectivity index (χ3v) is 5.37. The van der Waals surface area contributed by atoms with E-state index < -0.39 is 5.97 Å². The lowest BCUT2D eigenvalue weighted by molar-refractivity contribution is -0.138. The number of carbonyl (C=O) groups is 2. The van der Waals surface area contributed by atoms with E-state index in [9.17, 15) is 9.59 Å². The van der Waals surface area contributed by atoms with Gasteiger partial charge in [0.05, 0.1) is 5.69 Å². The predicted molar refractivity (Wildman–Crippen MR) is 77.2 cm³/mol. The van der Waals surface area contributed by atoms with Crippen molar-refractivity contribution in [2.24, 2.45) is 5.92 Å². The summed E-state index contributed by atoms with van der Waals surface area (Å²) in [5.74, 6) is -0.489. The topological polar surface area (TPSA) is 83.4 Å². The minimum Gasteiger partial charge on any atom is -0.481 e. The van der Waals surface area contributed by atoms with Gasteiger partial charge in [-0.3, -0.25) is 9.59 Å². The summed E-state index contributed by atoms with van der Waals surface area (Å²) in [5.41, 5.74) is 0.775. The molecule has 1 aromatic heterocycles. The molecule has 2 aliphatic rings. The number of hydrogen-bond acceptors (Lipinski definition) is 5. The first-order chi connectivity index (χ1) is 10.1.